The molecule has 2 aromatic carbocycles. The molecule has 7 nitrogen and oxygen atoms in total. The Hall–Kier alpha value is -3.28. The van der Waals surface area contributed by atoms with E-state index in [0.29, 0.717) is 37.2 Å². The van der Waals surface area contributed by atoms with Crippen molar-refractivity contribution in [3.63, 3.8) is 0 Å². The first kappa shape index (κ1) is 19.7. The quantitative estimate of drug-likeness (QED) is 0.637. The first-order valence-electron chi connectivity index (χ1n) is 10.2. The monoisotopic (exact) mass is 431 g/mol. The first-order chi connectivity index (χ1) is 15.0. The topological polar surface area (TPSA) is 89.3 Å². The van der Waals surface area contributed by atoms with Gasteiger partial charge in [-0.05, 0) is 61.7 Å². The van der Waals surface area contributed by atoms with Crippen molar-refractivity contribution >= 4 is 39.2 Å². The number of hydrogen-bond donors (Lipinski definition) is 1. The Morgan fingerprint density at radius 3 is 2.61 bits per heavy atom. The molecule has 8 heteroatoms. The number of likely N-dealkylation sites (tertiary alicyclic amines) is 1. The number of anilines is 1. The predicted molar refractivity (Wildman–Crippen MR) is 119 cm³/mol. The summed E-state index contributed by atoms with van der Waals surface area (Å²) >= 11 is 1.63. The lowest BCUT2D eigenvalue weighted by Gasteiger charge is -2.40. The minimum absolute atomic E-state index is 0.199. The second-order valence-electron chi connectivity index (χ2n) is 8.10. The number of nitrogens with zero attached hydrogens (tertiary/aromatic N) is 4. The number of nitrogens with one attached hydrogen (secondary N) is 1. The van der Waals surface area contributed by atoms with E-state index in [4.69, 9.17) is 5.26 Å². The van der Waals surface area contributed by atoms with E-state index in [-0.39, 0.29) is 11.9 Å². The molecular formula is C23H21N5O2S. The molecule has 1 spiro atoms. The van der Waals surface area contributed by atoms with Crippen molar-refractivity contribution in [3.8, 4) is 6.07 Å². The van der Waals surface area contributed by atoms with Crippen LogP contribution in [0.5, 0.6) is 0 Å². The summed E-state index contributed by atoms with van der Waals surface area (Å²) in [6, 6.07) is 14.8. The molecule has 2 fully saturated rings. The van der Waals surface area contributed by atoms with Gasteiger partial charge in [-0.3, -0.25) is 9.69 Å². The summed E-state index contributed by atoms with van der Waals surface area (Å²) in [5.41, 5.74) is 4.20. The van der Waals surface area contributed by atoms with Crippen molar-refractivity contribution in [2.75, 3.05) is 18.0 Å². The number of thiazole rings is 1. The molecule has 2 aliphatic heterocycles. The minimum atomic E-state index is -0.861. The maximum absolute atomic E-state index is 13.3. The summed E-state index contributed by atoms with van der Waals surface area (Å²) in [5, 5.41) is 11.9. The predicted octanol–water partition coefficient (Wildman–Crippen LogP) is 3.82. The van der Waals surface area contributed by atoms with Crippen molar-refractivity contribution in [1.82, 2.24) is 15.2 Å². The molecular weight excluding hydrogens is 410 g/mol. The second-order valence-corrected chi connectivity index (χ2v) is 8.99. The zero-order chi connectivity index (χ0) is 21.6. The van der Waals surface area contributed by atoms with Crippen LogP contribution in [0.1, 0.15) is 36.9 Å². The maximum atomic E-state index is 13.3. The summed E-state index contributed by atoms with van der Waals surface area (Å²) in [7, 11) is 0. The molecule has 1 unspecified atom stereocenters. The number of fused-ring (bicyclic) bond motifs is 1. The van der Waals surface area contributed by atoms with Crippen LogP contribution in [0.3, 0.4) is 0 Å². The van der Waals surface area contributed by atoms with Crippen LogP contribution >= 0.6 is 11.3 Å². The Kier molecular flexibility index (Phi) is 4.73. The lowest BCUT2D eigenvalue weighted by atomic mass is 9.86. The largest absolute Gasteiger partial charge is 0.329 e. The van der Waals surface area contributed by atoms with Crippen LogP contribution in [0, 0.1) is 11.3 Å². The molecule has 31 heavy (non-hydrogen) atoms. The average molecular weight is 432 g/mol. The fraction of sp³-hybridized carbons (Fsp3) is 0.304. The molecule has 0 saturated carbocycles. The van der Waals surface area contributed by atoms with Crippen LogP contribution in [0.2, 0.25) is 0 Å². The van der Waals surface area contributed by atoms with Gasteiger partial charge in [-0.1, -0.05) is 6.07 Å². The highest BCUT2D eigenvalue weighted by Gasteiger charge is 2.53. The van der Waals surface area contributed by atoms with Crippen LogP contribution in [0.25, 0.3) is 10.2 Å². The molecule has 2 saturated heterocycles. The normalized spacial score (nSPS) is 19.5. The number of rotatable bonds is 3. The first-order valence-corrected chi connectivity index (χ1v) is 11.1. The van der Waals surface area contributed by atoms with Gasteiger partial charge in [0.2, 0.25) is 0 Å². The lowest BCUT2D eigenvalue weighted by molar-refractivity contribution is -0.124. The number of hydrogen-bond acceptors (Lipinski definition) is 6. The molecule has 0 aliphatic carbocycles. The highest BCUT2D eigenvalue weighted by molar-refractivity contribution is 7.16. The number of amides is 3. The number of aromatic nitrogens is 1. The highest BCUT2D eigenvalue weighted by atomic mass is 32.1. The van der Waals surface area contributed by atoms with Crippen LogP contribution in [-0.2, 0) is 4.79 Å². The molecule has 1 atom stereocenters. The molecule has 5 rings (SSSR count). The SMILES string of the molecule is CC(c1ccc2scnc2c1)N1CCC2(CC1)NC(=O)N(c1ccc(C#N)cc1)C2=O. The Morgan fingerprint density at radius 1 is 1.16 bits per heavy atom. The van der Waals surface area contributed by atoms with Gasteiger partial charge >= 0.3 is 6.03 Å². The number of nitriles is 1. The van der Waals surface area contributed by atoms with E-state index in [9.17, 15) is 9.59 Å². The summed E-state index contributed by atoms with van der Waals surface area (Å²) in [6.45, 7) is 3.59. The fourth-order valence-corrected chi connectivity index (χ4v) is 5.18. The number of benzene rings is 2. The van der Waals surface area contributed by atoms with E-state index in [2.05, 4.69) is 40.3 Å². The van der Waals surface area contributed by atoms with E-state index in [1.165, 1.54) is 15.2 Å². The van der Waals surface area contributed by atoms with Crippen LogP contribution in [-0.4, -0.2) is 40.5 Å². The third kappa shape index (κ3) is 3.26. The van der Waals surface area contributed by atoms with Crippen LogP contribution < -0.4 is 10.2 Å². The minimum Gasteiger partial charge on any atom is -0.323 e. The molecule has 3 heterocycles. The van der Waals surface area contributed by atoms with Crippen molar-refractivity contribution < 1.29 is 9.59 Å². The van der Waals surface area contributed by atoms with Crippen molar-refractivity contribution in [2.24, 2.45) is 0 Å². The molecule has 0 bridgehead atoms. The van der Waals surface area contributed by atoms with Gasteiger partial charge in [0.1, 0.15) is 5.54 Å². The Morgan fingerprint density at radius 2 is 1.90 bits per heavy atom. The lowest BCUT2D eigenvalue weighted by Crippen LogP contribution is -2.55. The molecule has 3 amide bonds. The summed E-state index contributed by atoms with van der Waals surface area (Å²) < 4.78 is 1.18. The van der Waals surface area contributed by atoms with Gasteiger partial charge in [0.25, 0.3) is 5.91 Å². The van der Waals surface area contributed by atoms with Gasteiger partial charge < -0.3 is 5.32 Å². The van der Waals surface area contributed by atoms with Gasteiger partial charge in [0.15, 0.2) is 0 Å². The molecule has 1 N–H and O–H groups in total. The third-order valence-electron chi connectivity index (χ3n) is 6.45. The summed E-state index contributed by atoms with van der Waals surface area (Å²) in [5.74, 6) is -0.210. The summed E-state index contributed by atoms with van der Waals surface area (Å²) in [6.07, 6.45) is 1.13. The smallest absolute Gasteiger partial charge is 0.323 e. The van der Waals surface area contributed by atoms with E-state index < -0.39 is 11.6 Å². The molecule has 2 aliphatic rings. The van der Waals surface area contributed by atoms with Crippen molar-refractivity contribution in [3.05, 3.63) is 59.1 Å². The van der Waals surface area contributed by atoms with Gasteiger partial charge in [-0.25, -0.2) is 14.7 Å². The fourth-order valence-electron chi connectivity index (χ4n) is 4.52. The van der Waals surface area contributed by atoms with Gasteiger partial charge in [0.05, 0.1) is 33.0 Å². The number of carbonyl (C=O) groups is 2. The molecule has 1 aromatic heterocycles. The standard InChI is InChI=1S/C23H21N5O2S/c1-15(17-4-7-20-19(12-17)25-14-31-20)27-10-8-23(9-11-27)21(29)28(22(30)26-23)18-5-2-16(13-24)3-6-18/h2-7,12,14-15H,8-11H2,1H3,(H,26,30). The third-order valence-corrected chi connectivity index (χ3v) is 7.26. The van der Waals surface area contributed by atoms with E-state index in [1.807, 2.05) is 11.6 Å². The zero-order valence-electron chi connectivity index (χ0n) is 17.0. The Labute approximate surface area is 183 Å². The zero-order valence-corrected chi connectivity index (χ0v) is 17.9. The Balaban J connectivity index is 1.31. The van der Waals surface area contributed by atoms with Gasteiger partial charge in [-0.15, -0.1) is 11.3 Å². The maximum Gasteiger partial charge on any atom is 0.329 e. The molecule has 3 aromatic rings. The van der Waals surface area contributed by atoms with E-state index in [1.54, 1.807) is 35.6 Å². The number of carbonyl (C=O) groups excluding carboxylic acids is 2. The molecule has 156 valence electrons. The number of imide groups is 1. The second kappa shape index (κ2) is 7.45. The summed E-state index contributed by atoms with van der Waals surface area (Å²) in [4.78, 5) is 33.9. The highest BCUT2D eigenvalue weighted by Crippen LogP contribution is 2.35. The average Bonchev–Trinajstić information content (AvgIpc) is 3.36. The van der Waals surface area contributed by atoms with E-state index >= 15 is 0 Å². The number of piperidine rings is 1. The van der Waals surface area contributed by atoms with Crippen molar-refractivity contribution in [2.45, 2.75) is 31.3 Å². The van der Waals surface area contributed by atoms with Crippen LogP contribution in [0.4, 0.5) is 10.5 Å². The Bertz CT molecular complexity index is 1200. The van der Waals surface area contributed by atoms with Gasteiger partial charge in [0, 0.05) is 19.1 Å². The van der Waals surface area contributed by atoms with Crippen LogP contribution in [0.15, 0.2) is 48.0 Å². The van der Waals surface area contributed by atoms with Crippen molar-refractivity contribution in [1.29, 1.82) is 5.26 Å². The number of urea groups is 1. The van der Waals surface area contributed by atoms with Gasteiger partial charge in [-0.2, -0.15) is 5.26 Å². The molecule has 0 radical (unpaired) electrons. The van der Waals surface area contributed by atoms with E-state index in [0.717, 1.165) is 5.52 Å².